The highest BCUT2D eigenvalue weighted by Crippen LogP contribution is 2.09. The number of phenols is 1. The number of aromatic hydroxyl groups is 1. The molecule has 0 heterocycles. The Bertz CT molecular complexity index is 544. The monoisotopic (exact) mass is 286 g/mol. The van der Waals surface area contributed by atoms with Crippen LogP contribution in [0.3, 0.4) is 0 Å². The summed E-state index contributed by atoms with van der Waals surface area (Å²) in [6.07, 6.45) is 0. The molecule has 84 valence electrons. The molecule has 0 saturated heterocycles. The van der Waals surface area contributed by atoms with Gasteiger partial charge in [0.25, 0.3) is 0 Å². The molecule has 2 rings (SSSR count). The first-order valence-electron chi connectivity index (χ1n) is 5.24. The van der Waals surface area contributed by atoms with Crippen molar-refractivity contribution in [2.45, 2.75) is 5.33 Å². The topological polar surface area (TPSA) is 20.2 Å². The normalized spacial score (nSPS) is 9.47. The Labute approximate surface area is 109 Å². The molecule has 0 saturated carbocycles. The van der Waals surface area contributed by atoms with Crippen LogP contribution in [0.2, 0.25) is 0 Å². The highest BCUT2D eigenvalue weighted by molar-refractivity contribution is 9.08. The van der Waals surface area contributed by atoms with E-state index in [2.05, 4.69) is 39.9 Å². The predicted octanol–water partition coefficient (Wildman–Crippen LogP) is 3.69. The second-order valence-electron chi connectivity index (χ2n) is 3.63. The van der Waals surface area contributed by atoms with E-state index in [4.69, 9.17) is 5.11 Å². The zero-order valence-corrected chi connectivity index (χ0v) is 10.7. The van der Waals surface area contributed by atoms with E-state index in [9.17, 15) is 0 Å². The Hall–Kier alpha value is -1.72. The first-order chi connectivity index (χ1) is 8.28. The predicted molar refractivity (Wildman–Crippen MR) is 73.2 cm³/mol. The van der Waals surface area contributed by atoms with Crippen molar-refractivity contribution in [2.24, 2.45) is 0 Å². The van der Waals surface area contributed by atoms with Crippen molar-refractivity contribution in [3.05, 3.63) is 65.2 Å². The molecule has 0 radical (unpaired) electrons. The molecule has 0 aliphatic heterocycles. The van der Waals surface area contributed by atoms with Crippen molar-refractivity contribution < 1.29 is 5.11 Å². The Morgan fingerprint density at radius 3 is 1.76 bits per heavy atom. The van der Waals surface area contributed by atoms with E-state index in [-0.39, 0.29) is 5.75 Å². The van der Waals surface area contributed by atoms with Gasteiger partial charge in [0.15, 0.2) is 0 Å². The summed E-state index contributed by atoms with van der Waals surface area (Å²) < 4.78 is 0. The lowest BCUT2D eigenvalue weighted by Crippen LogP contribution is -1.79. The minimum atomic E-state index is 0.261. The van der Waals surface area contributed by atoms with E-state index in [0.29, 0.717) is 0 Å². The molecule has 0 bridgehead atoms. The summed E-state index contributed by atoms with van der Waals surface area (Å²) in [6.45, 7) is 0. The second kappa shape index (κ2) is 5.56. The number of hydrogen-bond donors (Lipinski definition) is 1. The Balaban J connectivity index is 2.17. The van der Waals surface area contributed by atoms with Crippen molar-refractivity contribution in [1.29, 1.82) is 0 Å². The Morgan fingerprint density at radius 1 is 0.824 bits per heavy atom. The molecule has 0 atom stereocenters. The molecular formula is C15H11BrO. The highest BCUT2D eigenvalue weighted by atomic mass is 79.9. The van der Waals surface area contributed by atoms with Gasteiger partial charge in [-0.1, -0.05) is 39.9 Å². The zero-order chi connectivity index (χ0) is 12.1. The van der Waals surface area contributed by atoms with Crippen LogP contribution < -0.4 is 0 Å². The maximum atomic E-state index is 9.15. The van der Waals surface area contributed by atoms with E-state index in [1.807, 2.05) is 12.1 Å². The summed E-state index contributed by atoms with van der Waals surface area (Å²) in [7, 11) is 0. The molecule has 2 aromatic carbocycles. The Morgan fingerprint density at radius 2 is 1.29 bits per heavy atom. The summed E-state index contributed by atoms with van der Waals surface area (Å²) in [5.74, 6) is 6.40. The lowest BCUT2D eigenvalue weighted by molar-refractivity contribution is 0.475. The van der Waals surface area contributed by atoms with Gasteiger partial charge in [-0.15, -0.1) is 0 Å². The van der Waals surface area contributed by atoms with Gasteiger partial charge in [0.1, 0.15) is 5.75 Å². The fourth-order valence-electron chi connectivity index (χ4n) is 1.37. The van der Waals surface area contributed by atoms with Crippen LogP contribution in [0.4, 0.5) is 0 Å². The quantitative estimate of drug-likeness (QED) is 0.626. The molecular weight excluding hydrogens is 276 g/mol. The summed E-state index contributed by atoms with van der Waals surface area (Å²) >= 11 is 3.40. The van der Waals surface area contributed by atoms with Gasteiger partial charge in [-0.25, -0.2) is 0 Å². The molecule has 2 heteroatoms. The van der Waals surface area contributed by atoms with Crippen LogP contribution in [-0.2, 0) is 5.33 Å². The minimum Gasteiger partial charge on any atom is -0.508 e. The maximum absolute atomic E-state index is 9.15. The number of halogens is 1. The fourth-order valence-corrected chi connectivity index (χ4v) is 1.74. The van der Waals surface area contributed by atoms with Gasteiger partial charge in [0.05, 0.1) is 0 Å². The molecule has 0 fully saturated rings. The van der Waals surface area contributed by atoms with Crippen molar-refractivity contribution in [1.82, 2.24) is 0 Å². The molecule has 17 heavy (non-hydrogen) atoms. The molecule has 0 aromatic heterocycles. The molecule has 0 aliphatic rings. The SMILES string of the molecule is Oc1ccc(C#Cc2ccc(CBr)cc2)cc1. The fraction of sp³-hybridized carbons (Fsp3) is 0.0667. The summed E-state index contributed by atoms with van der Waals surface area (Å²) in [5, 5.41) is 10.0. The van der Waals surface area contributed by atoms with Gasteiger partial charge in [-0.3, -0.25) is 0 Å². The van der Waals surface area contributed by atoms with Crippen molar-refractivity contribution in [2.75, 3.05) is 0 Å². The zero-order valence-electron chi connectivity index (χ0n) is 9.15. The maximum Gasteiger partial charge on any atom is 0.115 e. The first-order valence-corrected chi connectivity index (χ1v) is 6.36. The van der Waals surface area contributed by atoms with Gasteiger partial charge in [-0.2, -0.15) is 0 Å². The number of hydrogen-bond acceptors (Lipinski definition) is 1. The third kappa shape index (κ3) is 3.37. The van der Waals surface area contributed by atoms with Crippen LogP contribution in [0, 0.1) is 11.8 Å². The van der Waals surface area contributed by atoms with Crippen LogP contribution in [0.25, 0.3) is 0 Å². The van der Waals surface area contributed by atoms with Gasteiger partial charge < -0.3 is 5.11 Å². The van der Waals surface area contributed by atoms with Gasteiger partial charge in [0.2, 0.25) is 0 Å². The molecule has 1 N–H and O–H groups in total. The lowest BCUT2D eigenvalue weighted by Gasteiger charge is -1.94. The summed E-state index contributed by atoms with van der Waals surface area (Å²) in [5.41, 5.74) is 3.12. The molecule has 2 aromatic rings. The van der Waals surface area contributed by atoms with Gasteiger partial charge in [0, 0.05) is 16.5 Å². The number of benzene rings is 2. The number of alkyl halides is 1. The van der Waals surface area contributed by atoms with Crippen LogP contribution in [-0.4, -0.2) is 5.11 Å². The van der Waals surface area contributed by atoms with Crippen LogP contribution in [0.15, 0.2) is 48.5 Å². The van der Waals surface area contributed by atoms with Gasteiger partial charge in [-0.05, 0) is 42.0 Å². The van der Waals surface area contributed by atoms with E-state index >= 15 is 0 Å². The molecule has 0 spiro atoms. The van der Waals surface area contributed by atoms with Crippen LogP contribution >= 0.6 is 15.9 Å². The standard InChI is InChI=1S/C15H11BrO/c16-11-14-5-3-12(4-6-14)1-2-13-7-9-15(17)10-8-13/h3-10,17H,11H2. The number of phenolic OH excluding ortho intramolecular Hbond substituents is 1. The molecule has 0 aliphatic carbocycles. The van der Waals surface area contributed by atoms with Crippen molar-refractivity contribution >= 4 is 15.9 Å². The Kier molecular flexibility index (Phi) is 3.85. The van der Waals surface area contributed by atoms with E-state index in [0.717, 1.165) is 16.5 Å². The third-order valence-corrected chi connectivity index (χ3v) is 2.97. The second-order valence-corrected chi connectivity index (χ2v) is 4.19. The average molecular weight is 287 g/mol. The molecule has 0 unspecified atom stereocenters. The third-order valence-electron chi connectivity index (χ3n) is 2.33. The first kappa shape index (κ1) is 11.8. The lowest BCUT2D eigenvalue weighted by atomic mass is 10.1. The van der Waals surface area contributed by atoms with E-state index in [1.165, 1.54) is 5.56 Å². The largest absolute Gasteiger partial charge is 0.508 e. The summed E-state index contributed by atoms with van der Waals surface area (Å²) in [4.78, 5) is 0. The summed E-state index contributed by atoms with van der Waals surface area (Å²) in [6, 6.07) is 15.0. The minimum absolute atomic E-state index is 0.261. The van der Waals surface area contributed by atoms with Crippen molar-refractivity contribution in [3.8, 4) is 17.6 Å². The molecule has 1 nitrogen and oxygen atoms in total. The van der Waals surface area contributed by atoms with Crippen LogP contribution in [0.5, 0.6) is 5.75 Å². The smallest absolute Gasteiger partial charge is 0.115 e. The van der Waals surface area contributed by atoms with E-state index < -0.39 is 0 Å². The highest BCUT2D eigenvalue weighted by Gasteiger charge is 1.90. The number of rotatable bonds is 1. The van der Waals surface area contributed by atoms with Crippen LogP contribution in [0.1, 0.15) is 16.7 Å². The van der Waals surface area contributed by atoms with Gasteiger partial charge >= 0.3 is 0 Å². The van der Waals surface area contributed by atoms with Crippen molar-refractivity contribution in [3.63, 3.8) is 0 Å². The molecule has 0 amide bonds. The van der Waals surface area contributed by atoms with E-state index in [1.54, 1.807) is 24.3 Å². The average Bonchev–Trinajstić information content (AvgIpc) is 2.39.